The SMILES string of the molecule is CNC(=O)[C@@H](C)CC(=O)c1ccc(/C(F)=C/C(c2cc(Cl)c(Cl)c(Cl)c2)C(F)(F)F)cc1C(F)(F)F. The minimum Gasteiger partial charge on any atom is -0.359 e. The summed E-state index contributed by atoms with van der Waals surface area (Å²) in [7, 11) is 1.29. The van der Waals surface area contributed by atoms with Crippen molar-refractivity contribution in [3.63, 3.8) is 0 Å². The van der Waals surface area contributed by atoms with Gasteiger partial charge in [-0.25, -0.2) is 4.39 Å². The van der Waals surface area contributed by atoms with Crippen LogP contribution in [0.15, 0.2) is 36.4 Å². The van der Waals surface area contributed by atoms with Gasteiger partial charge in [-0.15, -0.1) is 0 Å². The predicted octanol–water partition coefficient (Wildman–Crippen LogP) is 8.28. The van der Waals surface area contributed by atoms with Crippen LogP contribution in [-0.4, -0.2) is 24.9 Å². The Kier molecular flexibility index (Phi) is 9.47. The smallest absolute Gasteiger partial charge is 0.359 e. The van der Waals surface area contributed by atoms with Gasteiger partial charge in [0.25, 0.3) is 0 Å². The molecule has 0 aliphatic rings. The Morgan fingerprint density at radius 1 is 1.00 bits per heavy atom. The molecular weight excluding hydrogens is 562 g/mol. The number of rotatable bonds is 7. The molecule has 1 N–H and O–H groups in total. The number of hydrogen-bond donors (Lipinski definition) is 1. The van der Waals surface area contributed by atoms with Gasteiger partial charge in [-0.3, -0.25) is 9.59 Å². The molecule has 0 saturated carbocycles. The number of carbonyl (C=O) groups is 2. The van der Waals surface area contributed by atoms with Crippen LogP contribution in [0.5, 0.6) is 0 Å². The molecule has 2 aromatic carbocycles. The quantitative estimate of drug-likeness (QED) is 0.204. The molecule has 0 fully saturated rings. The number of Topliss-reactive ketones (excluding diaryl/α,β-unsaturated/α-hetero) is 1. The highest BCUT2D eigenvalue weighted by Gasteiger charge is 2.41. The highest BCUT2D eigenvalue weighted by atomic mass is 35.5. The average molecular weight is 579 g/mol. The van der Waals surface area contributed by atoms with Crippen molar-refractivity contribution < 1.29 is 40.3 Å². The lowest BCUT2D eigenvalue weighted by Crippen LogP contribution is -2.27. The molecule has 0 aliphatic heterocycles. The number of alkyl halides is 6. The minimum absolute atomic E-state index is 0.0700. The monoisotopic (exact) mass is 577 g/mol. The van der Waals surface area contributed by atoms with Gasteiger partial charge in [0.15, 0.2) is 5.78 Å². The van der Waals surface area contributed by atoms with Gasteiger partial charge in [-0.2, -0.15) is 26.3 Å². The molecule has 0 bridgehead atoms. The van der Waals surface area contributed by atoms with E-state index in [1.807, 2.05) is 0 Å². The van der Waals surface area contributed by atoms with Gasteiger partial charge in [-0.1, -0.05) is 53.9 Å². The fourth-order valence-electron chi connectivity index (χ4n) is 3.27. The predicted molar refractivity (Wildman–Crippen MR) is 123 cm³/mol. The fraction of sp³-hybridized carbons (Fsp3) is 0.304. The maximum absolute atomic E-state index is 14.9. The van der Waals surface area contributed by atoms with E-state index in [1.54, 1.807) is 0 Å². The first-order chi connectivity index (χ1) is 16.5. The van der Waals surface area contributed by atoms with E-state index >= 15 is 0 Å². The lowest BCUT2D eigenvalue weighted by Gasteiger charge is -2.19. The van der Waals surface area contributed by atoms with E-state index in [2.05, 4.69) is 5.32 Å². The van der Waals surface area contributed by atoms with Gasteiger partial charge in [-0.05, 0) is 29.8 Å². The van der Waals surface area contributed by atoms with E-state index in [1.165, 1.54) is 14.0 Å². The maximum atomic E-state index is 14.9. The Labute approximate surface area is 216 Å². The molecule has 1 amide bonds. The first-order valence-electron chi connectivity index (χ1n) is 10.0. The Hall–Kier alpha value is -2.30. The Balaban J connectivity index is 2.56. The van der Waals surface area contributed by atoms with E-state index in [0.717, 1.165) is 18.2 Å². The molecule has 0 saturated heterocycles. The molecule has 13 heteroatoms. The van der Waals surface area contributed by atoms with Crippen LogP contribution >= 0.6 is 34.8 Å². The molecule has 2 atom stereocenters. The number of hydrogen-bond acceptors (Lipinski definition) is 2. The molecule has 0 spiro atoms. The largest absolute Gasteiger partial charge is 0.417 e. The summed E-state index contributed by atoms with van der Waals surface area (Å²) in [6.45, 7) is 1.33. The average Bonchev–Trinajstić information content (AvgIpc) is 2.78. The number of ketones is 1. The fourth-order valence-corrected chi connectivity index (χ4v) is 3.89. The summed E-state index contributed by atoms with van der Waals surface area (Å²) in [5.74, 6) is -6.85. The van der Waals surface area contributed by atoms with Crippen LogP contribution in [0.2, 0.25) is 15.1 Å². The summed E-state index contributed by atoms with van der Waals surface area (Å²) in [5.41, 5.74) is -3.85. The van der Waals surface area contributed by atoms with Gasteiger partial charge in [0, 0.05) is 30.5 Å². The van der Waals surface area contributed by atoms with Crippen molar-refractivity contribution in [1.29, 1.82) is 0 Å². The molecule has 0 aromatic heterocycles. The standard InChI is InChI=1S/C23H17Cl3F7NO2/c1-10(21(36)34-2)5-19(35)13-4-3-11(6-15(13)23(31,32)33)18(27)9-14(22(28,29)30)12-7-16(24)20(26)17(25)8-12/h3-4,6-10,14H,5H2,1-2H3,(H,34,36)/b18-9-/t10-,14?/m0/s1. The summed E-state index contributed by atoms with van der Waals surface area (Å²) in [4.78, 5) is 24.0. The van der Waals surface area contributed by atoms with Gasteiger partial charge >= 0.3 is 12.4 Å². The van der Waals surface area contributed by atoms with Crippen LogP contribution in [0, 0.1) is 5.92 Å². The summed E-state index contributed by atoms with van der Waals surface area (Å²) in [5, 5.41) is 1.35. The van der Waals surface area contributed by atoms with E-state index in [4.69, 9.17) is 34.8 Å². The van der Waals surface area contributed by atoms with Gasteiger partial charge in [0.1, 0.15) is 11.7 Å². The number of halogens is 10. The van der Waals surface area contributed by atoms with Crippen molar-refractivity contribution in [2.45, 2.75) is 31.6 Å². The molecule has 3 nitrogen and oxygen atoms in total. The van der Waals surface area contributed by atoms with Crippen molar-refractivity contribution in [2.75, 3.05) is 7.05 Å². The van der Waals surface area contributed by atoms with Crippen molar-refractivity contribution in [1.82, 2.24) is 5.32 Å². The normalized spacial score (nSPS) is 14.4. The number of benzene rings is 2. The number of carbonyl (C=O) groups excluding carboxylic acids is 2. The third kappa shape index (κ3) is 7.14. The second kappa shape index (κ2) is 11.4. The van der Waals surface area contributed by atoms with E-state index < -0.39 is 70.4 Å². The second-order valence-corrected chi connectivity index (χ2v) is 8.93. The summed E-state index contributed by atoms with van der Waals surface area (Å²) in [6.07, 6.45) is -10.7. The molecule has 0 heterocycles. The third-order valence-corrected chi connectivity index (χ3v) is 6.31. The number of amides is 1. The van der Waals surface area contributed by atoms with Crippen LogP contribution in [0.4, 0.5) is 30.7 Å². The zero-order valence-electron chi connectivity index (χ0n) is 18.4. The lowest BCUT2D eigenvalue weighted by atomic mass is 9.92. The Bertz CT molecular complexity index is 1170. The molecule has 2 aromatic rings. The third-order valence-electron chi connectivity index (χ3n) is 5.12. The first-order valence-corrected chi connectivity index (χ1v) is 11.2. The van der Waals surface area contributed by atoms with E-state index in [-0.39, 0.29) is 27.2 Å². The minimum atomic E-state index is -5.14. The second-order valence-electron chi connectivity index (χ2n) is 7.73. The summed E-state index contributed by atoms with van der Waals surface area (Å²) in [6, 6.07) is 3.26. The molecule has 36 heavy (non-hydrogen) atoms. The highest BCUT2D eigenvalue weighted by Crippen LogP contribution is 2.43. The van der Waals surface area contributed by atoms with Crippen LogP contribution in [0.3, 0.4) is 0 Å². The van der Waals surface area contributed by atoms with Crippen LogP contribution in [-0.2, 0) is 11.0 Å². The Morgan fingerprint density at radius 3 is 2.03 bits per heavy atom. The molecule has 2 rings (SSSR count). The van der Waals surface area contributed by atoms with Crippen LogP contribution in [0.25, 0.3) is 5.83 Å². The molecule has 1 unspecified atom stereocenters. The van der Waals surface area contributed by atoms with Crippen LogP contribution < -0.4 is 5.32 Å². The van der Waals surface area contributed by atoms with E-state index in [0.29, 0.717) is 6.07 Å². The summed E-state index contributed by atoms with van der Waals surface area (Å²) < 4.78 is 97.0. The summed E-state index contributed by atoms with van der Waals surface area (Å²) >= 11 is 17.3. The molecule has 0 aliphatic carbocycles. The zero-order valence-corrected chi connectivity index (χ0v) is 20.7. The van der Waals surface area contributed by atoms with Crippen molar-refractivity contribution in [3.05, 3.63) is 73.7 Å². The van der Waals surface area contributed by atoms with Crippen LogP contribution in [0.1, 0.15) is 46.3 Å². The van der Waals surface area contributed by atoms with Gasteiger partial charge < -0.3 is 5.32 Å². The van der Waals surface area contributed by atoms with E-state index in [9.17, 15) is 40.3 Å². The van der Waals surface area contributed by atoms with Crippen molar-refractivity contribution in [3.8, 4) is 0 Å². The van der Waals surface area contributed by atoms with Crippen molar-refractivity contribution >= 4 is 52.3 Å². The van der Waals surface area contributed by atoms with Crippen molar-refractivity contribution in [2.24, 2.45) is 5.92 Å². The van der Waals surface area contributed by atoms with Gasteiger partial charge in [0.2, 0.25) is 5.91 Å². The highest BCUT2D eigenvalue weighted by molar-refractivity contribution is 6.48. The maximum Gasteiger partial charge on any atom is 0.417 e. The topological polar surface area (TPSA) is 46.2 Å². The first kappa shape index (κ1) is 29.9. The molecule has 196 valence electrons. The number of nitrogens with one attached hydrogen (secondary N) is 1. The lowest BCUT2D eigenvalue weighted by molar-refractivity contribution is -0.140. The Morgan fingerprint density at radius 2 is 1.56 bits per heavy atom. The van der Waals surface area contributed by atoms with Gasteiger partial charge in [0.05, 0.1) is 20.6 Å². The zero-order chi connectivity index (χ0) is 27.6. The number of allylic oxidation sites excluding steroid dienone is 1. The molecular formula is C23H17Cl3F7NO2. The molecule has 0 radical (unpaired) electrons.